The zero-order valence-corrected chi connectivity index (χ0v) is 18.1. The monoisotopic (exact) mass is 461 g/mol. The van der Waals surface area contributed by atoms with Crippen LogP contribution in [0.5, 0.6) is 0 Å². The number of hydrogen-bond acceptors (Lipinski definition) is 3. The van der Waals surface area contributed by atoms with Crippen molar-refractivity contribution < 1.29 is 22.8 Å². The van der Waals surface area contributed by atoms with Crippen molar-refractivity contribution in [2.75, 3.05) is 6.54 Å². The van der Waals surface area contributed by atoms with Gasteiger partial charge in [0, 0.05) is 17.5 Å². The van der Waals surface area contributed by atoms with Crippen molar-refractivity contribution in [2.45, 2.75) is 57.5 Å². The Morgan fingerprint density at radius 1 is 1.06 bits per heavy atom. The van der Waals surface area contributed by atoms with Crippen LogP contribution in [0.4, 0.5) is 18.0 Å². The predicted molar refractivity (Wildman–Crippen MR) is 114 cm³/mol. The maximum Gasteiger partial charge on any atom is 0.315 e. The van der Waals surface area contributed by atoms with Gasteiger partial charge in [0.2, 0.25) is 6.43 Å². The Bertz CT molecular complexity index is 1110. The second-order valence-corrected chi connectivity index (χ2v) is 9.67. The highest BCUT2D eigenvalue weighted by Gasteiger charge is 2.59. The molecule has 0 saturated heterocycles. The lowest BCUT2D eigenvalue weighted by Gasteiger charge is -2.58. The second kappa shape index (κ2) is 7.50. The van der Waals surface area contributed by atoms with Crippen LogP contribution in [0.15, 0.2) is 24.3 Å². The van der Waals surface area contributed by atoms with Crippen LogP contribution in [0.2, 0.25) is 0 Å². The molecule has 1 aromatic heterocycles. The number of nitrogens with two attached hydrogens (primary N) is 2. The van der Waals surface area contributed by atoms with Crippen molar-refractivity contribution in [1.82, 2.24) is 14.7 Å². The zero-order valence-electron chi connectivity index (χ0n) is 18.1. The summed E-state index contributed by atoms with van der Waals surface area (Å²) in [6, 6.07) is 4.47. The molecule has 2 heterocycles. The van der Waals surface area contributed by atoms with Crippen LogP contribution in [0.3, 0.4) is 0 Å². The molecular formula is C23H26F3N5O2. The molecule has 1 atom stereocenters. The standard InChI is InChI=1S/C23H26F3N5O2/c24-14-3-1-2-13(12-14)16-15(19(27)32)17-18(30(21(28)33)10-11-31(17)29-16)22-4-7-23(8-5-22,9-6-22)20(25)26/h1-3,12,18,20H,4-11H2,(H2,27,32)(H2,28,33). The Hall–Kier alpha value is -3.04. The Morgan fingerprint density at radius 2 is 1.73 bits per heavy atom. The van der Waals surface area contributed by atoms with Crippen LogP contribution >= 0.6 is 0 Å². The fourth-order valence-corrected chi connectivity index (χ4v) is 6.32. The molecule has 3 saturated carbocycles. The van der Waals surface area contributed by atoms with Gasteiger partial charge in [-0.2, -0.15) is 5.10 Å². The molecule has 4 N–H and O–H groups in total. The molecule has 0 spiro atoms. The molecule has 2 bridgehead atoms. The van der Waals surface area contributed by atoms with Crippen molar-refractivity contribution in [3.8, 4) is 11.3 Å². The number of rotatable bonds is 4. The average molecular weight is 461 g/mol. The maximum absolute atomic E-state index is 13.9. The van der Waals surface area contributed by atoms with E-state index in [1.807, 2.05) is 0 Å². The first-order valence-corrected chi connectivity index (χ1v) is 11.2. The van der Waals surface area contributed by atoms with Crippen LogP contribution in [-0.2, 0) is 6.54 Å². The number of fused-ring (bicyclic) bond motifs is 4. The summed E-state index contributed by atoms with van der Waals surface area (Å²) < 4.78 is 43.2. The summed E-state index contributed by atoms with van der Waals surface area (Å²) >= 11 is 0. The van der Waals surface area contributed by atoms with Gasteiger partial charge < -0.3 is 16.4 Å². The number of urea groups is 1. The van der Waals surface area contributed by atoms with E-state index in [4.69, 9.17) is 11.5 Å². The molecule has 3 amide bonds. The average Bonchev–Trinajstić information content (AvgIpc) is 3.19. The summed E-state index contributed by atoms with van der Waals surface area (Å²) in [5, 5.41) is 4.59. The van der Waals surface area contributed by atoms with Gasteiger partial charge in [0.15, 0.2) is 0 Å². The summed E-state index contributed by atoms with van der Waals surface area (Å²) in [5.41, 5.74) is 11.3. The van der Waals surface area contributed by atoms with Gasteiger partial charge in [-0.25, -0.2) is 18.0 Å². The minimum Gasteiger partial charge on any atom is -0.365 e. The van der Waals surface area contributed by atoms with E-state index in [-0.39, 0.29) is 17.8 Å². The van der Waals surface area contributed by atoms with E-state index < -0.39 is 41.1 Å². The fraction of sp³-hybridized carbons (Fsp3) is 0.522. The van der Waals surface area contributed by atoms with Crippen molar-refractivity contribution in [2.24, 2.45) is 22.3 Å². The number of carbonyl (C=O) groups excluding carboxylic acids is 2. The lowest BCUT2D eigenvalue weighted by molar-refractivity contribution is -0.129. The summed E-state index contributed by atoms with van der Waals surface area (Å²) in [6.07, 6.45) is 0.139. The first kappa shape index (κ1) is 21.8. The molecule has 0 radical (unpaired) electrons. The summed E-state index contributed by atoms with van der Waals surface area (Å²) in [5.74, 6) is -1.22. The van der Waals surface area contributed by atoms with E-state index >= 15 is 0 Å². The number of carbonyl (C=O) groups is 2. The van der Waals surface area contributed by atoms with E-state index in [0.717, 1.165) is 0 Å². The molecule has 176 valence electrons. The van der Waals surface area contributed by atoms with Crippen LogP contribution in [-0.4, -0.2) is 39.6 Å². The van der Waals surface area contributed by atoms with Crippen molar-refractivity contribution >= 4 is 11.9 Å². The molecule has 3 aliphatic carbocycles. The van der Waals surface area contributed by atoms with Crippen molar-refractivity contribution in [3.63, 3.8) is 0 Å². The van der Waals surface area contributed by atoms with Gasteiger partial charge in [-0.1, -0.05) is 12.1 Å². The van der Waals surface area contributed by atoms with Gasteiger partial charge in [0.1, 0.15) is 11.5 Å². The van der Waals surface area contributed by atoms with Gasteiger partial charge in [-0.05, 0) is 56.1 Å². The maximum atomic E-state index is 13.9. The Kier molecular flexibility index (Phi) is 4.95. The van der Waals surface area contributed by atoms with Gasteiger partial charge >= 0.3 is 6.03 Å². The highest BCUT2D eigenvalue weighted by atomic mass is 19.3. The van der Waals surface area contributed by atoms with E-state index in [1.54, 1.807) is 10.7 Å². The highest BCUT2D eigenvalue weighted by Crippen LogP contribution is 2.64. The van der Waals surface area contributed by atoms with Gasteiger partial charge in [0.25, 0.3) is 5.91 Å². The van der Waals surface area contributed by atoms with Crippen molar-refractivity contribution in [3.05, 3.63) is 41.3 Å². The molecule has 1 aliphatic heterocycles. The topological polar surface area (TPSA) is 107 Å². The summed E-state index contributed by atoms with van der Waals surface area (Å²) in [4.78, 5) is 26.7. The van der Waals surface area contributed by atoms with Crippen LogP contribution in [0.1, 0.15) is 60.6 Å². The number of halogens is 3. The molecule has 4 aliphatic rings. The number of alkyl halides is 2. The minimum absolute atomic E-state index is 0.127. The number of amides is 3. The molecule has 2 aromatic rings. The second-order valence-electron chi connectivity index (χ2n) is 9.67. The van der Waals surface area contributed by atoms with Gasteiger partial charge in [0.05, 0.1) is 23.8 Å². The van der Waals surface area contributed by atoms with E-state index in [9.17, 15) is 22.8 Å². The summed E-state index contributed by atoms with van der Waals surface area (Å²) in [7, 11) is 0. The number of aromatic nitrogens is 2. The first-order chi connectivity index (χ1) is 15.7. The molecule has 1 unspecified atom stereocenters. The molecule has 1 aromatic carbocycles. The lowest BCUT2D eigenvalue weighted by Crippen LogP contribution is -2.56. The van der Waals surface area contributed by atoms with Gasteiger partial charge in [-0.3, -0.25) is 9.48 Å². The fourth-order valence-electron chi connectivity index (χ4n) is 6.32. The van der Waals surface area contributed by atoms with Crippen LogP contribution < -0.4 is 11.5 Å². The lowest BCUT2D eigenvalue weighted by atomic mass is 9.51. The number of hydrogen-bond donors (Lipinski definition) is 2. The minimum atomic E-state index is -2.39. The van der Waals surface area contributed by atoms with Crippen LogP contribution in [0, 0.1) is 16.6 Å². The number of primary amides is 2. The normalized spacial score (nSPS) is 28.7. The number of benzene rings is 1. The largest absolute Gasteiger partial charge is 0.365 e. The third-order valence-electron chi connectivity index (χ3n) is 8.15. The van der Waals surface area contributed by atoms with E-state index in [2.05, 4.69) is 5.10 Å². The first-order valence-electron chi connectivity index (χ1n) is 11.2. The zero-order chi connectivity index (χ0) is 23.5. The molecule has 33 heavy (non-hydrogen) atoms. The molecular weight excluding hydrogens is 435 g/mol. The quantitative estimate of drug-likeness (QED) is 0.723. The third-order valence-corrected chi connectivity index (χ3v) is 8.15. The Morgan fingerprint density at radius 3 is 2.27 bits per heavy atom. The van der Waals surface area contributed by atoms with E-state index in [0.29, 0.717) is 56.3 Å². The van der Waals surface area contributed by atoms with E-state index in [1.165, 1.54) is 23.1 Å². The molecule has 3 fully saturated rings. The molecule has 7 nitrogen and oxygen atoms in total. The smallest absolute Gasteiger partial charge is 0.315 e. The Balaban J connectivity index is 1.67. The Labute approximate surface area is 188 Å². The predicted octanol–water partition coefficient (Wildman–Crippen LogP) is 3.83. The SMILES string of the molecule is NC(=O)c1c(-c2cccc(F)c2)nn2c1C(C13CCC(C(F)F)(CC1)CC3)N(C(N)=O)CC2. The molecule has 10 heteroatoms. The molecule has 6 rings (SSSR count). The number of nitrogens with zero attached hydrogens (tertiary/aromatic N) is 3. The van der Waals surface area contributed by atoms with Crippen molar-refractivity contribution in [1.29, 1.82) is 0 Å². The van der Waals surface area contributed by atoms with Crippen LogP contribution in [0.25, 0.3) is 11.3 Å². The summed E-state index contributed by atoms with van der Waals surface area (Å²) in [6.45, 7) is 0.568. The highest BCUT2D eigenvalue weighted by molar-refractivity contribution is 6.00. The third kappa shape index (κ3) is 3.21. The van der Waals surface area contributed by atoms with Gasteiger partial charge in [-0.15, -0.1) is 0 Å².